The van der Waals surface area contributed by atoms with Gasteiger partial charge in [0.05, 0.1) is 16.2 Å². The minimum Gasteiger partial charge on any atom is -0.340 e. The number of aromatic amines is 1. The summed E-state index contributed by atoms with van der Waals surface area (Å²) in [6.07, 6.45) is 2.84. The molecule has 0 radical (unpaired) electrons. The zero-order valence-corrected chi connectivity index (χ0v) is 15.5. The van der Waals surface area contributed by atoms with Crippen LogP contribution < -0.4 is 0 Å². The lowest BCUT2D eigenvalue weighted by Crippen LogP contribution is -2.04. The Labute approximate surface area is 151 Å². The van der Waals surface area contributed by atoms with Gasteiger partial charge in [-0.3, -0.25) is 0 Å². The maximum absolute atomic E-state index is 6.38. The van der Waals surface area contributed by atoms with Gasteiger partial charge in [0.15, 0.2) is 0 Å². The number of halogens is 2. The Kier molecular flexibility index (Phi) is 5.07. The van der Waals surface area contributed by atoms with Crippen LogP contribution in [0.5, 0.6) is 0 Å². The lowest BCUT2D eigenvalue weighted by atomic mass is 9.97. The number of fused-ring (bicyclic) bond motifs is 1. The van der Waals surface area contributed by atoms with E-state index in [-0.39, 0.29) is 0 Å². The Bertz CT molecular complexity index is 869. The second-order valence-corrected chi connectivity index (χ2v) is 6.68. The van der Waals surface area contributed by atoms with Gasteiger partial charge in [0, 0.05) is 22.9 Å². The molecule has 0 spiro atoms. The molecular weight excluding hydrogens is 343 g/mol. The van der Waals surface area contributed by atoms with Gasteiger partial charge in [0.2, 0.25) is 0 Å². The van der Waals surface area contributed by atoms with E-state index in [1.807, 2.05) is 12.1 Å². The monoisotopic (exact) mass is 362 g/mol. The molecule has 0 saturated carbocycles. The van der Waals surface area contributed by atoms with Crippen LogP contribution in [-0.2, 0) is 6.42 Å². The number of imidazole rings is 1. The Morgan fingerprint density at radius 2 is 1.83 bits per heavy atom. The number of nitrogens with zero attached hydrogens (tertiary/aromatic N) is 3. The summed E-state index contributed by atoms with van der Waals surface area (Å²) in [5.41, 5.74) is 4.28. The van der Waals surface area contributed by atoms with Crippen LogP contribution in [-0.4, -0.2) is 20.2 Å². The predicted octanol–water partition coefficient (Wildman–Crippen LogP) is 5.79. The highest BCUT2D eigenvalue weighted by atomic mass is 35.5. The summed E-state index contributed by atoms with van der Waals surface area (Å²) in [4.78, 5) is 8.15. The first kappa shape index (κ1) is 17.2. The van der Waals surface area contributed by atoms with E-state index in [2.05, 4.69) is 36.0 Å². The van der Waals surface area contributed by atoms with Crippen molar-refractivity contribution in [1.29, 1.82) is 0 Å². The Balaban J connectivity index is 2.27. The molecule has 6 heteroatoms. The molecule has 0 aliphatic heterocycles. The number of H-pyrrole nitrogens is 1. The van der Waals surface area contributed by atoms with Crippen molar-refractivity contribution in [3.8, 4) is 11.3 Å². The second-order valence-electron chi connectivity index (χ2n) is 5.83. The fourth-order valence-corrected chi connectivity index (χ4v) is 3.47. The van der Waals surface area contributed by atoms with Gasteiger partial charge in [0.25, 0.3) is 0 Å². The minimum atomic E-state index is 0.350. The van der Waals surface area contributed by atoms with E-state index in [1.165, 1.54) is 0 Å². The van der Waals surface area contributed by atoms with Gasteiger partial charge in [-0.1, -0.05) is 44.0 Å². The van der Waals surface area contributed by atoms with Crippen LogP contribution >= 0.6 is 23.2 Å². The summed E-state index contributed by atoms with van der Waals surface area (Å²) < 4.78 is 0. The average Bonchev–Trinajstić information content (AvgIpc) is 3.01. The average molecular weight is 363 g/mol. The van der Waals surface area contributed by atoms with Crippen molar-refractivity contribution in [2.45, 2.75) is 46.0 Å². The fraction of sp³-hybridized carbons (Fsp3) is 0.389. The molecule has 0 amide bonds. The summed E-state index contributed by atoms with van der Waals surface area (Å²) in [5, 5.41) is 10.1. The summed E-state index contributed by atoms with van der Waals surface area (Å²) >= 11 is 12.4. The highest BCUT2D eigenvalue weighted by Crippen LogP contribution is 2.35. The zero-order chi connectivity index (χ0) is 17.3. The molecule has 0 aliphatic carbocycles. The lowest BCUT2D eigenvalue weighted by molar-refractivity contribution is 0.618. The lowest BCUT2D eigenvalue weighted by Gasteiger charge is -2.13. The predicted molar refractivity (Wildman–Crippen MR) is 99.8 cm³/mol. The Morgan fingerprint density at radius 3 is 2.46 bits per heavy atom. The molecule has 1 N–H and O–H groups in total. The number of nitrogens with one attached hydrogen (secondary N) is 1. The maximum Gasteiger partial charge on any atom is 0.120 e. The van der Waals surface area contributed by atoms with Crippen LogP contribution in [0.3, 0.4) is 0 Å². The molecule has 0 aliphatic rings. The Hall–Kier alpha value is -1.65. The standard InChI is InChI=1S/C18H20Cl2N4/c1-4-10(5-2)15-17-18(22-14(6-3)21-17)16(24-23-15)12-8-7-11(19)9-13(12)20/h7-10H,4-6H2,1-3H3,(H,21,22). The molecule has 0 atom stereocenters. The molecule has 24 heavy (non-hydrogen) atoms. The molecule has 2 heterocycles. The third kappa shape index (κ3) is 3.01. The van der Waals surface area contributed by atoms with E-state index in [9.17, 15) is 0 Å². The topological polar surface area (TPSA) is 54.5 Å². The molecule has 4 nitrogen and oxygen atoms in total. The van der Waals surface area contributed by atoms with Crippen molar-refractivity contribution < 1.29 is 0 Å². The smallest absolute Gasteiger partial charge is 0.120 e. The molecule has 0 unspecified atom stereocenters. The van der Waals surface area contributed by atoms with Gasteiger partial charge in [0.1, 0.15) is 17.0 Å². The van der Waals surface area contributed by atoms with Crippen LogP contribution in [0.1, 0.15) is 51.0 Å². The van der Waals surface area contributed by atoms with E-state index in [0.717, 1.165) is 47.4 Å². The van der Waals surface area contributed by atoms with Gasteiger partial charge >= 0.3 is 0 Å². The molecule has 0 bridgehead atoms. The van der Waals surface area contributed by atoms with E-state index in [0.29, 0.717) is 21.7 Å². The highest BCUT2D eigenvalue weighted by Gasteiger charge is 2.21. The largest absolute Gasteiger partial charge is 0.340 e. The van der Waals surface area contributed by atoms with Gasteiger partial charge < -0.3 is 4.98 Å². The van der Waals surface area contributed by atoms with Crippen LogP contribution in [0.25, 0.3) is 22.3 Å². The van der Waals surface area contributed by atoms with Crippen molar-refractivity contribution >= 4 is 34.2 Å². The number of rotatable bonds is 5. The second kappa shape index (κ2) is 7.08. The van der Waals surface area contributed by atoms with Gasteiger partial charge in [-0.25, -0.2) is 4.98 Å². The number of benzene rings is 1. The van der Waals surface area contributed by atoms with Crippen LogP contribution in [0.4, 0.5) is 0 Å². The third-order valence-electron chi connectivity index (χ3n) is 4.38. The zero-order valence-electron chi connectivity index (χ0n) is 14.0. The molecule has 0 fully saturated rings. The van der Waals surface area contributed by atoms with Crippen LogP contribution in [0.15, 0.2) is 18.2 Å². The van der Waals surface area contributed by atoms with Gasteiger partial charge in [-0.15, -0.1) is 5.10 Å². The number of aryl methyl sites for hydroxylation is 1. The Morgan fingerprint density at radius 1 is 1.08 bits per heavy atom. The van der Waals surface area contributed by atoms with Crippen LogP contribution in [0, 0.1) is 0 Å². The van der Waals surface area contributed by atoms with Gasteiger partial charge in [-0.2, -0.15) is 5.10 Å². The first-order valence-electron chi connectivity index (χ1n) is 8.29. The van der Waals surface area contributed by atoms with Crippen molar-refractivity contribution in [3.05, 3.63) is 39.8 Å². The number of hydrogen-bond donors (Lipinski definition) is 1. The van der Waals surface area contributed by atoms with E-state index in [4.69, 9.17) is 28.2 Å². The van der Waals surface area contributed by atoms with E-state index < -0.39 is 0 Å². The van der Waals surface area contributed by atoms with Crippen molar-refractivity contribution in [2.75, 3.05) is 0 Å². The molecular formula is C18H20Cl2N4. The van der Waals surface area contributed by atoms with Crippen molar-refractivity contribution in [2.24, 2.45) is 0 Å². The van der Waals surface area contributed by atoms with E-state index in [1.54, 1.807) is 6.07 Å². The first-order valence-corrected chi connectivity index (χ1v) is 9.05. The molecule has 1 aromatic carbocycles. The van der Waals surface area contributed by atoms with Crippen molar-refractivity contribution in [1.82, 2.24) is 20.2 Å². The van der Waals surface area contributed by atoms with E-state index >= 15 is 0 Å². The normalized spacial score (nSPS) is 11.6. The highest BCUT2D eigenvalue weighted by molar-refractivity contribution is 6.36. The summed E-state index contributed by atoms with van der Waals surface area (Å²) in [7, 11) is 0. The number of aromatic nitrogens is 4. The molecule has 0 saturated heterocycles. The summed E-state index contributed by atoms with van der Waals surface area (Å²) in [6.45, 7) is 6.41. The summed E-state index contributed by atoms with van der Waals surface area (Å²) in [6, 6.07) is 5.40. The minimum absolute atomic E-state index is 0.350. The maximum atomic E-state index is 6.38. The quantitative estimate of drug-likeness (QED) is 0.624. The third-order valence-corrected chi connectivity index (χ3v) is 4.93. The number of hydrogen-bond acceptors (Lipinski definition) is 3. The van der Waals surface area contributed by atoms with Crippen LogP contribution in [0.2, 0.25) is 10.0 Å². The first-order chi connectivity index (χ1) is 11.6. The SMILES string of the molecule is CCc1nc2c(C(CC)CC)nnc(-c3ccc(Cl)cc3Cl)c2[nH]1. The summed E-state index contributed by atoms with van der Waals surface area (Å²) in [5.74, 6) is 1.28. The molecule has 126 valence electrons. The van der Waals surface area contributed by atoms with Gasteiger partial charge in [-0.05, 0) is 31.0 Å². The molecule has 2 aromatic heterocycles. The molecule has 3 aromatic rings. The molecule has 3 rings (SSSR count). The fourth-order valence-electron chi connectivity index (χ4n) is 2.97. The van der Waals surface area contributed by atoms with Crippen molar-refractivity contribution in [3.63, 3.8) is 0 Å².